The number of amides is 1. The summed E-state index contributed by atoms with van der Waals surface area (Å²) in [4.78, 5) is 20.7. The molecule has 110 valence electrons. The van der Waals surface area contributed by atoms with Gasteiger partial charge in [0.15, 0.2) is 5.58 Å². The summed E-state index contributed by atoms with van der Waals surface area (Å²) in [6.45, 7) is 0.756. The van der Waals surface area contributed by atoms with Crippen molar-refractivity contribution in [2.24, 2.45) is 5.92 Å². The van der Waals surface area contributed by atoms with Gasteiger partial charge in [-0.15, -0.1) is 0 Å². The first-order valence-electron chi connectivity index (χ1n) is 7.40. The molecule has 0 radical (unpaired) electrons. The highest BCUT2D eigenvalue weighted by Gasteiger charge is 2.22. The van der Waals surface area contributed by atoms with E-state index in [-0.39, 0.29) is 5.91 Å². The van der Waals surface area contributed by atoms with E-state index < -0.39 is 0 Å². The summed E-state index contributed by atoms with van der Waals surface area (Å²) in [6.07, 6.45) is 4.13. The zero-order chi connectivity index (χ0) is 14.9. The van der Waals surface area contributed by atoms with Crippen molar-refractivity contribution in [3.8, 4) is 11.6 Å². The van der Waals surface area contributed by atoms with Gasteiger partial charge in [-0.25, -0.2) is 4.98 Å². The van der Waals surface area contributed by atoms with E-state index in [0.29, 0.717) is 28.6 Å². The van der Waals surface area contributed by atoms with Crippen molar-refractivity contribution >= 4 is 17.0 Å². The molecule has 1 aromatic carbocycles. The fourth-order valence-corrected chi connectivity index (χ4v) is 2.33. The smallest absolute Gasteiger partial charge is 0.251 e. The van der Waals surface area contributed by atoms with Crippen LogP contribution in [0.15, 0.2) is 47.0 Å². The standard InChI is InChI=1S/C17H15N3O2/c21-16(19-10-11-4-5-11)12-6-7-13-15(9-12)22-17(20-13)14-3-1-2-8-18-14/h1-3,6-9,11H,4-5,10H2,(H,19,21). The Hall–Kier alpha value is -2.69. The van der Waals surface area contributed by atoms with Crippen LogP contribution >= 0.6 is 0 Å². The molecule has 1 fully saturated rings. The fourth-order valence-electron chi connectivity index (χ4n) is 2.33. The molecule has 3 aromatic rings. The number of nitrogens with zero attached hydrogens (tertiary/aromatic N) is 2. The molecule has 2 heterocycles. The molecule has 1 saturated carbocycles. The Morgan fingerprint density at radius 3 is 2.95 bits per heavy atom. The molecule has 5 nitrogen and oxygen atoms in total. The van der Waals surface area contributed by atoms with Gasteiger partial charge in [-0.3, -0.25) is 9.78 Å². The zero-order valence-corrected chi connectivity index (χ0v) is 12.0. The topological polar surface area (TPSA) is 68.0 Å². The maximum absolute atomic E-state index is 12.1. The Labute approximate surface area is 127 Å². The van der Waals surface area contributed by atoms with Gasteiger partial charge in [0.05, 0.1) is 0 Å². The lowest BCUT2D eigenvalue weighted by Crippen LogP contribution is -2.25. The molecule has 0 unspecified atom stereocenters. The normalized spacial score (nSPS) is 14.2. The van der Waals surface area contributed by atoms with E-state index in [4.69, 9.17) is 4.42 Å². The van der Waals surface area contributed by atoms with E-state index in [9.17, 15) is 4.79 Å². The molecule has 1 aliphatic rings. The molecular formula is C17H15N3O2. The minimum Gasteiger partial charge on any atom is -0.435 e. The number of fused-ring (bicyclic) bond motifs is 1. The number of hydrogen-bond donors (Lipinski definition) is 1. The Morgan fingerprint density at radius 1 is 1.27 bits per heavy atom. The predicted octanol–water partition coefficient (Wildman–Crippen LogP) is 3.03. The summed E-state index contributed by atoms with van der Waals surface area (Å²) >= 11 is 0. The lowest BCUT2D eigenvalue weighted by Gasteiger charge is -2.03. The number of benzene rings is 1. The van der Waals surface area contributed by atoms with Gasteiger partial charge < -0.3 is 9.73 Å². The van der Waals surface area contributed by atoms with Crippen molar-refractivity contribution in [3.63, 3.8) is 0 Å². The van der Waals surface area contributed by atoms with Crippen molar-refractivity contribution in [3.05, 3.63) is 48.2 Å². The van der Waals surface area contributed by atoms with Gasteiger partial charge >= 0.3 is 0 Å². The van der Waals surface area contributed by atoms with Crippen LogP contribution in [0.3, 0.4) is 0 Å². The Morgan fingerprint density at radius 2 is 2.18 bits per heavy atom. The Bertz CT molecular complexity index is 822. The number of nitrogens with one attached hydrogen (secondary N) is 1. The number of rotatable bonds is 4. The monoisotopic (exact) mass is 293 g/mol. The summed E-state index contributed by atoms with van der Waals surface area (Å²) in [7, 11) is 0. The maximum atomic E-state index is 12.1. The third-order valence-electron chi connectivity index (χ3n) is 3.78. The molecule has 1 N–H and O–H groups in total. The van der Waals surface area contributed by atoms with Crippen LogP contribution in [-0.2, 0) is 0 Å². The minimum atomic E-state index is -0.0652. The van der Waals surface area contributed by atoms with Gasteiger partial charge in [0, 0.05) is 18.3 Å². The van der Waals surface area contributed by atoms with Crippen LogP contribution in [0, 0.1) is 5.92 Å². The third kappa shape index (κ3) is 2.57. The maximum Gasteiger partial charge on any atom is 0.251 e. The van der Waals surface area contributed by atoms with Crippen LogP contribution in [0.25, 0.3) is 22.7 Å². The average Bonchev–Trinajstić information content (AvgIpc) is 3.29. The molecule has 4 rings (SSSR count). The number of aromatic nitrogens is 2. The molecule has 1 amide bonds. The highest BCUT2D eigenvalue weighted by atomic mass is 16.3. The molecule has 0 saturated heterocycles. The first kappa shape index (κ1) is 13.0. The van der Waals surface area contributed by atoms with Gasteiger partial charge in [-0.2, -0.15) is 0 Å². The molecule has 0 atom stereocenters. The van der Waals surface area contributed by atoms with E-state index in [1.807, 2.05) is 18.2 Å². The highest BCUT2D eigenvalue weighted by Crippen LogP contribution is 2.28. The number of carbonyl (C=O) groups is 1. The van der Waals surface area contributed by atoms with E-state index in [0.717, 1.165) is 12.1 Å². The molecule has 1 aliphatic carbocycles. The SMILES string of the molecule is O=C(NCC1CC1)c1ccc2nc(-c3ccccn3)oc2c1. The minimum absolute atomic E-state index is 0.0652. The number of oxazole rings is 1. The summed E-state index contributed by atoms with van der Waals surface area (Å²) in [5, 5.41) is 2.95. The molecule has 0 aliphatic heterocycles. The summed E-state index contributed by atoms with van der Waals surface area (Å²) in [5.41, 5.74) is 2.59. The Balaban J connectivity index is 1.61. The summed E-state index contributed by atoms with van der Waals surface area (Å²) < 4.78 is 5.73. The van der Waals surface area contributed by atoms with Crippen LogP contribution in [0.1, 0.15) is 23.2 Å². The van der Waals surface area contributed by atoms with Gasteiger partial charge in [0.2, 0.25) is 5.89 Å². The van der Waals surface area contributed by atoms with Gasteiger partial charge in [-0.05, 0) is 49.1 Å². The van der Waals surface area contributed by atoms with Gasteiger partial charge in [0.1, 0.15) is 11.2 Å². The second-order valence-corrected chi connectivity index (χ2v) is 5.57. The lowest BCUT2D eigenvalue weighted by molar-refractivity contribution is 0.0952. The average molecular weight is 293 g/mol. The second-order valence-electron chi connectivity index (χ2n) is 5.57. The van der Waals surface area contributed by atoms with Crippen molar-refractivity contribution in [1.29, 1.82) is 0 Å². The predicted molar refractivity (Wildman–Crippen MR) is 82.3 cm³/mol. The molecular weight excluding hydrogens is 278 g/mol. The highest BCUT2D eigenvalue weighted by molar-refractivity contribution is 5.97. The molecule has 2 aromatic heterocycles. The Kier molecular flexibility index (Phi) is 3.11. The molecule has 0 bridgehead atoms. The van der Waals surface area contributed by atoms with Crippen molar-refractivity contribution in [1.82, 2.24) is 15.3 Å². The summed E-state index contributed by atoms with van der Waals surface area (Å²) in [5.74, 6) is 1.06. The van der Waals surface area contributed by atoms with Crippen LogP contribution < -0.4 is 5.32 Å². The van der Waals surface area contributed by atoms with Crippen LogP contribution in [0.4, 0.5) is 0 Å². The zero-order valence-electron chi connectivity index (χ0n) is 12.0. The van der Waals surface area contributed by atoms with Crippen molar-refractivity contribution in [2.75, 3.05) is 6.54 Å². The van der Waals surface area contributed by atoms with E-state index in [1.165, 1.54) is 12.8 Å². The number of pyridine rings is 1. The van der Waals surface area contributed by atoms with E-state index >= 15 is 0 Å². The summed E-state index contributed by atoms with van der Waals surface area (Å²) in [6, 6.07) is 10.9. The van der Waals surface area contributed by atoms with E-state index in [2.05, 4.69) is 15.3 Å². The van der Waals surface area contributed by atoms with Crippen LogP contribution in [0.5, 0.6) is 0 Å². The lowest BCUT2D eigenvalue weighted by atomic mass is 10.2. The second kappa shape index (κ2) is 5.26. The molecule has 5 heteroatoms. The number of hydrogen-bond acceptors (Lipinski definition) is 4. The van der Waals surface area contributed by atoms with Crippen molar-refractivity contribution in [2.45, 2.75) is 12.8 Å². The molecule has 0 spiro atoms. The van der Waals surface area contributed by atoms with Gasteiger partial charge in [-0.1, -0.05) is 6.07 Å². The van der Waals surface area contributed by atoms with E-state index in [1.54, 1.807) is 24.4 Å². The first-order valence-corrected chi connectivity index (χ1v) is 7.40. The number of carbonyl (C=O) groups excluding carboxylic acids is 1. The largest absolute Gasteiger partial charge is 0.435 e. The van der Waals surface area contributed by atoms with Gasteiger partial charge in [0.25, 0.3) is 5.91 Å². The van der Waals surface area contributed by atoms with Crippen LogP contribution in [-0.4, -0.2) is 22.4 Å². The van der Waals surface area contributed by atoms with Crippen molar-refractivity contribution < 1.29 is 9.21 Å². The first-order chi connectivity index (χ1) is 10.8. The van der Waals surface area contributed by atoms with Crippen LogP contribution in [0.2, 0.25) is 0 Å². The third-order valence-corrected chi connectivity index (χ3v) is 3.78. The quantitative estimate of drug-likeness (QED) is 0.803. The molecule has 22 heavy (non-hydrogen) atoms. The fraction of sp³-hybridized carbons (Fsp3) is 0.235.